The van der Waals surface area contributed by atoms with Gasteiger partial charge in [-0.3, -0.25) is 4.79 Å². The minimum Gasteiger partial charge on any atom is -0.493 e. The van der Waals surface area contributed by atoms with E-state index < -0.39 is 0 Å². The molecule has 0 aliphatic carbocycles. The van der Waals surface area contributed by atoms with Crippen LogP contribution in [0.15, 0.2) is 49.1 Å². The number of unbranched alkanes of at least 4 members (excludes halogenated alkanes) is 1. The van der Waals surface area contributed by atoms with Gasteiger partial charge in [0.15, 0.2) is 11.5 Å². The zero-order valence-electron chi connectivity index (χ0n) is 14.8. The molecule has 0 N–H and O–H groups in total. The molecule has 0 aliphatic heterocycles. The average Bonchev–Trinajstić information content (AvgIpc) is 2.64. The lowest BCUT2D eigenvalue weighted by atomic mass is 10.1. The Bertz CT molecular complexity index is 722. The highest BCUT2D eigenvalue weighted by Crippen LogP contribution is 2.41. The Hall–Kier alpha value is -2.75. The summed E-state index contributed by atoms with van der Waals surface area (Å²) in [5.74, 6) is 2.16. The minimum atomic E-state index is 0.467. The van der Waals surface area contributed by atoms with E-state index in [1.54, 1.807) is 19.2 Å². The fourth-order valence-electron chi connectivity index (χ4n) is 2.40. The Balaban J connectivity index is 2.43. The molecule has 4 nitrogen and oxygen atoms in total. The third kappa shape index (κ3) is 4.86. The van der Waals surface area contributed by atoms with Crippen LogP contribution in [0.25, 0.3) is 0 Å². The van der Waals surface area contributed by atoms with Crippen molar-refractivity contribution in [2.75, 3.05) is 13.7 Å². The lowest BCUT2D eigenvalue weighted by molar-refractivity contribution is 0.112. The van der Waals surface area contributed by atoms with Crippen LogP contribution in [0, 0.1) is 0 Å². The van der Waals surface area contributed by atoms with Gasteiger partial charge in [0.2, 0.25) is 5.75 Å². The molecule has 0 heterocycles. The van der Waals surface area contributed by atoms with Crippen molar-refractivity contribution in [1.82, 2.24) is 0 Å². The van der Waals surface area contributed by atoms with Gasteiger partial charge in [0, 0.05) is 5.56 Å². The normalized spacial score (nSPS) is 10.2. The summed E-state index contributed by atoms with van der Waals surface area (Å²) in [6.45, 7) is 6.43. The number of carbonyl (C=O) groups is 1. The van der Waals surface area contributed by atoms with Gasteiger partial charge in [-0.25, -0.2) is 0 Å². The summed E-state index contributed by atoms with van der Waals surface area (Å²) in [5, 5.41) is 0. The lowest BCUT2D eigenvalue weighted by Crippen LogP contribution is -2.02. The third-order valence-corrected chi connectivity index (χ3v) is 3.70. The van der Waals surface area contributed by atoms with Gasteiger partial charge in [-0.2, -0.15) is 0 Å². The number of ether oxygens (including phenoxy) is 3. The topological polar surface area (TPSA) is 44.8 Å². The molecular weight excluding hydrogens is 316 g/mol. The summed E-state index contributed by atoms with van der Waals surface area (Å²) in [6.07, 6.45) is 5.22. The smallest absolute Gasteiger partial charge is 0.204 e. The molecule has 4 heteroatoms. The van der Waals surface area contributed by atoms with Gasteiger partial charge < -0.3 is 14.2 Å². The fraction of sp³-hybridized carbons (Fsp3) is 0.286. The maximum Gasteiger partial charge on any atom is 0.204 e. The van der Waals surface area contributed by atoms with Crippen molar-refractivity contribution < 1.29 is 19.0 Å². The maximum absolute atomic E-state index is 11.3. The molecule has 0 radical (unpaired) electrons. The number of hydrogen-bond acceptors (Lipinski definition) is 4. The second kappa shape index (κ2) is 9.52. The first-order chi connectivity index (χ1) is 12.2. The first-order valence-corrected chi connectivity index (χ1v) is 8.40. The second-order valence-corrected chi connectivity index (χ2v) is 5.57. The molecular formula is C21H24O4. The van der Waals surface area contributed by atoms with Crippen LogP contribution in [0.5, 0.6) is 23.0 Å². The number of hydrogen-bond donors (Lipinski definition) is 0. The number of carbonyl (C=O) groups excluding carboxylic acids is 1. The van der Waals surface area contributed by atoms with Crippen molar-refractivity contribution in [2.24, 2.45) is 0 Å². The molecule has 0 fully saturated rings. The van der Waals surface area contributed by atoms with Crippen LogP contribution in [0.1, 0.15) is 35.7 Å². The average molecular weight is 340 g/mol. The highest BCUT2D eigenvalue weighted by Gasteiger charge is 2.16. The van der Waals surface area contributed by atoms with Crippen LogP contribution >= 0.6 is 0 Å². The summed E-state index contributed by atoms with van der Waals surface area (Å²) < 4.78 is 17.4. The first-order valence-electron chi connectivity index (χ1n) is 8.40. The van der Waals surface area contributed by atoms with E-state index in [1.165, 1.54) is 0 Å². The van der Waals surface area contributed by atoms with Crippen LogP contribution in [0.2, 0.25) is 0 Å². The van der Waals surface area contributed by atoms with Crippen LogP contribution in [0.3, 0.4) is 0 Å². The Labute approximate surface area is 149 Å². The molecule has 0 unspecified atom stereocenters. The van der Waals surface area contributed by atoms with Crippen molar-refractivity contribution in [1.29, 1.82) is 0 Å². The number of allylic oxidation sites excluding steroid dienone is 1. The van der Waals surface area contributed by atoms with E-state index in [2.05, 4.69) is 13.5 Å². The SMILES string of the molecule is C=CCc1ccccc1Oc1cc(C=O)cc(OC)c1OCCCC. The Morgan fingerprint density at radius 1 is 1.12 bits per heavy atom. The molecule has 25 heavy (non-hydrogen) atoms. The molecule has 0 spiro atoms. The van der Waals surface area contributed by atoms with Crippen molar-refractivity contribution in [3.05, 3.63) is 60.2 Å². The number of benzene rings is 2. The van der Waals surface area contributed by atoms with Crippen molar-refractivity contribution in [2.45, 2.75) is 26.2 Å². The van der Waals surface area contributed by atoms with E-state index in [-0.39, 0.29) is 0 Å². The molecule has 0 atom stereocenters. The number of methoxy groups -OCH3 is 1. The number of para-hydroxylation sites is 1. The van der Waals surface area contributed by atoms with Crippen molar-refractivity contribution in [3.63, 3.8) is 0 Å². The second-order valence-electron chi connectivity index (χ2n) is 5.57. The Kier molecular flexibility index (Phi) is 7.08. The quantitative estimate of drug-likeness (QED) is 0.338. The van der Waals surface area contributed by atoms with E-state index >= 15 is 0 Å². The standard InChI is InChI=1S/C21H24O4/c1-4-6-12-24-21-19(23-3)13-16(15-22)14-20(21)25-18-11-8-7-10-17(18)9-5-2/h5,7-8,10-11,13-15H,2,4,6,9,12H2,1,3H3. The molecule has 0 amide bonds. The lowest BCUT2D eigenvalue weighted by Gasteiger charge is -2.17. The zero-order chi connectivity index (χ0) is 18.1. The van der Waals surface area contributed by atoms with Gasteiger partial charge in [-0.05, 0) is 36.6 Å². The molecule has 0 saturated heterocycles. The number of aldehydes is 1. The van der Waals surface area contributed by atoms with Gasteiger partial charge in [0.25, 0.3) is 0 Å². The van der Waals surface area contributed by atoms with Gasteiger partial charge in [0.1, 0.15) is 12.0 Å². The molecule has 0 bridgehead atoms. The predicted octanol–water partition coefficient (Wildman–Crippen LogP) is 5.21. The minimum absolute atomic E-state index is 0.467. The van der Waals surface area contributed by atoms with E-state index in [1.807, 2.05) is 30.3 Å². The summed E-state index contributed by atoms with van der Waals surface area (Å²) >= 11 is 0. The fourth-order valence-corrected chi connectivity index (χ4v) is 2.40. The van der Waals surface area contributed by atoms with Crippen LogP contribution in [-0.4, -0.2) is 20.0 Å². The molecule has 132 valence electrons. The van der Waals surface area contributed by atoms with E-state index in [4.69, 9.17) is 14.2 Å². The highest BCUT2D eigenvalue weighted by atomic mass is 16.5. The Morgan fingerprint density at radius 2 is 1.88 bits per heavy atom. The molecule has 2 rings (SSSR count). The molecule has 0 saturated carbocycles. The predicted molar refractivity (Wildman–Crippen MR) is 99.2 cm³/mol. The summed E-state index contributed by atoms with van der Waals surface area (Å²) in [6, 6.07) is 11.0. The van der Waals surface area contributed by atoms with E-state index in [9.17, 15) is 4.79 Å². The van der Waals surface area contributed by atoms with Crippen molar-refractivity contribution >= 4 is 6.29 Å². The van der Waals surface area contributed by atoms with E-state index in [0.717, 1.165) is 24.7 Å². The maximum atomic E-state index is 11.3. The van der Waals surface area contributed by atoms with Gasteiger partial charge >= 0.3 is 0 Å². The van der Waals surface area contributed by atoms with Crippen LogP contribution < -0.4 is 14.2 Å². The van der Waals surface area contributed by atoms with Crippen LogP contribution in [-0.2, 0) is 6.42 Å². The molecule has 2 aromatic carbocycles. The highest BCUT2D eigenvalue weighted by molar-refractivity contribution is 5.78. The third-order valence-electron chi connectivity index (χ3n) is 3.70. The first kappa shape index (κ1) is 18.6. The van der Waals surface area contributed by atoms with Crippen molar-refractivity contribution in [3.8, 4) is 23.0 Å². The summed E-state index contributed by atoms with van der Waals surface area (Å²) in [4.78, 5) is 11.3. The summed E-state index contributed by atoms with van der Waals surface area (Å²) in [7, 11) is 1.55. The van der Waals surface area contributed by atoms with Gasteiger partial charge in [-0.1, -0.05) is 37.6 Å². The molecule has 0 aliphatic rings. The Morgan fingerprint density at radius 3 is 2.56 bits per heavy atom. The van der Waals surface area contributed by atoms with E-state index in [0.29, 0.717) is 41.6 Å². The largest absolute Gasteiger partial charge is 0.493 e. The summed E-state index contributed by atoms with van der Waals surface area (Å²) in [5.41, 5.74) is 1.48. The molecule has 2 aromatic rings. The number of rotatable bonds is 10. The zero-order valence-corrected chi connectivity index (χ0v) is 14.8. The molecule has 0 aromatic heterocycles. The van der Waals surface area contributed by atoms with Crippen LogP contribution in [0.4, 0.5) is 0 Å². The van der Waals surface area contributed by atoms with Gasteiger partial charge in [-0.15, -0.1) is 6.58 Å². The van der Waals surface area contributed by atoms with Gasteiger partial charge in [0.05, 0.1) is 13.7 Å². The monoisotopic (exact) mass is 340 g/mol.